The number of alkyl halides is 2. The number of hydrogen-bond acceptors (Lipinski definition) is 6. The third kappa shape index (κ3) is 7.08. The van der Waals surface area contributed by atoms with Crippen molar-refractivity contribution in [2.24, 2.45) is 5.92 Å². The number of carbonyl (C=O) groups excluding carboxylic acids is 2. The minimum absolute atomic E-state index is 0.0696. The highest BCUT2D eigenvalue weighted by atomic mass is 32.1. The van der Waals surface area contributed by atoms with E-state index < -0.39 is 11.8 Å². The Balaban J connectivity index is 1.09. The molecule has 1 unspecified atom stereocenters. The van der Waals surface area contributed by atoms with Crippen LogP contribution in [-0.4, -0.2) is 40.6 Å². The normalized spacial score (nSPS) is 17.9. The molecule has 9 heteroatoms. The molecule has 1 aromatic heterocycles. The van der Waals surface area contributed by atoms with Gasteiger partial charge in [0.25, 0.3) is 11.8 Å². The second-order valence-electron chi connectivity index (χ2n) is 10.6. The molecule has 5 rings (SSSR count). The molecule has 1 aliphatic heterocycles. The van der Waals surface area contributed by atoms with E-state index in [2.05, 4.69) is 27.3 Å². The number of halogens is 2. The number of fused-ring (bicyclic) bond motifs is 1. The average Bonchev–Trinajstić information content (AvgIpc) is 3.35. The van der Waals surface area contributed by atoms with Crippen molar-refractivity contribution in [1.82, 2.24) is 15.2 Å². The number of carbonyl (C=O) groups is 2. The molecular formula is C30H33F2N3O3S. The van der Waals surface area contributed by atoms with Gasteiger partial charge in [-0.1, -0.05) is 30.3 Å². The van der Waals surface area contributed by atoms with Gasteiger partial charge in [0.2, 0.25) is 0 Å². The van der Waals surface area contributed by atoms with Crippen LogP contribution in [0.1, 0.15) is 62.4 Å². The van der Waals surface area contributed by atoms with E-state index >= 15 is 0 Å². The number of nitrogens with zero attached hydrogens (tertiary/aromatic N) is 2. The number of Topliss-reactive ketones (excluding diaryl/α,β-unsaturated/α-hetero) is 1. The summed E-state index contributed by atoms with van der Waals surface area (Å²) in [6.07, 6.45) is 1.83. The monoisotopic (exact) mass is 553 g/mol. The summed E-state index contributed by atoms with van der Waals surface area (Å²) in [4.78, 5) is 31.3. The Morgan fingerprint density at radius 2 is 1.90 bits per heavy atom. The number of nitrogens with one attached hydrogen (secondary N) is 1. The maximum Gasteiger partial charge on any atom is 0.263 e. The van der Waals surface area contributed by atoms with E-state index in [1.165, 1.54) is 28.0 Å². The van der Waals surface area contributed by atoms with E-state index in [0.29, 0.717) is 35.7 Å². The van der Waals surface area contributed by atoms with Gasteiger partial charge in [0.15, 0.2) is 0 Å². The zero-order chi connectivity index (χ0) is 27.6. The first-order chi connectivity index (χ1) is 18.7. The Bertz CT molecular complexity index is 1360. The molecule has 0 saturated heterocycles. The lowest BCUT2D eigenvalue weighted by atomic mass is 9.99. The maximum absolute atomic E-state index is 13.1. The zero-order valence-electron chi connectivity index (χ0n) is 22.3. The topological polar surface area (TPSA) is 71.5 Å². The first-order valence-corrected chi connectivity index (χ1v) is 14.1. The second-order valence-corrected chi connectivity index (χ2v) is 11.7. The molecule has 206 valence electrons. The fourth-order valence-electron chi connectivity index (χ4n) is 4.80. The Hall–Kier alpha value is -3.17. The van der Waals surface area contributed by atoms with E-state index in [4.69, 9.17) is 4.74 Å². The van der Waals surface area contributed by atoms with Crippen LogP contribution in [0.15, 0.2) is 42.5 Å². The second kappa shape index (κ2) is 11.5. The number of aromatic nitrogens is 1. The molecular weight excluding hydrogens is 520 g/mol. The predicted octanol–water partition coefficient (Wildman–Crippen LogP) is 5.50. The number of benzene rings is 2. The van der Waals surface area contributed by atoms with Crippen molar-refractivity contribution < 1.29 is 23.1 Å². The summed E-state index contributed by atoms with van der Waals surface area (Å²) in [6.45, 7) is 6.45. The van der Waals surface area contributed by atoms with Crippen LogP contribution in [0.25, 0.3) is 0 Å². The van der Waals surface area contributed by atoms with Crippen LogP contribution < -0.4 is 10.1 Å². The SMILES string of the molecule is CC(=O)CCc1nc(C)c(C(=O)NCc2ccc(CN3CCc4cc(OCC5CC5(F)F)ccc4C3)cc2)s1. The number of hydrogen-bond donors (Lipinski definition) is 1. The van der Waals surface area contributed by atoms with Crippen molar-refractivity contribution in [2.45, 2.75) is 65.1 Å². The molecule has 1 atom stereocenters. The van der Waals surface area contributed by atoms with Gasteiger partial charge in [0, 0.05) is 45.4 Å². The van der Waals surface area contributed by atoms with Crippen LogP contribution in [-0.2, 0) is 37.3 Å². The lowest BCUT2D eigenvalue weighted by Gasteiger charge is -2.29. The molecule has 1 saturated carbocycles. The van der Waals surface area contributed by atoms with Gasteiger partial charge >= 0.3 is 0 Å². The third-order valence-electron chi connectivity index (χ3n) is 7.30. The van der Waals surface area contributed by atoms with Crippen molar-refractivity contribution >= 4 is 23.0 Å². The van der Waals surface area contributed by atoms with E-state index in [-0.39, 0.29) is 24.7 Å². The molecule has 1 amide bonds. The van der Waals surface area contributed by atoms with Gasteiger partial charge in [-0.15, -0.1) is 11.3 Å². The van der Waals surface area contributed by atoms with Crippen LogP contribution in [0.4, 0.5) is 8.78 Å². The van der Waals surface area contributed by atoms with Crippen molar-refractivity contribution in [2.75, 3.05) is 13.2 Å². The predicted molar refractivity (Wildman–Crippen MR) is 146 cm³/mol. The summed E-state index contributed by atoms with van der Waals surface area (Å²) < 4.78 is 31.8. The fraction of sp³-hybridized carbons (Fsp3) is 0.433. The molecule has 39 heavy (non-hydrogen) atoms. The minimum atomic E-state index is -2.55. The smallest absolute Gasteiger partial charge is 0.263 e. The summed E-state index contributed by atoms with van der Waals surface area (Å²) in [6, 6.07) is 14.2. The van der Waals surface area contributed by atoms with Crippen molar-refractivity contribution in [3.8, 4) is 5.75 Å². The quantitative estimate of drug-likeness (QED) is 0.340. The molecule has 2 aromatic carbocycles. The summed E-state index contributed by atoms with van der Waals surface area (Å²) in [5.41, 5.74) is 5.38. The highest BCUT2D eigenvalue weighted by Gasteiger charge is 2.57. The highest BCUT2D eigenvalue weighted by molar-refractivity contribution is 7.13. The minimum Gasteiger partial charge on any atom is -0.493 e. The largest absolute Gasteiger partial charge is 0.493 e. The van der Waals surface area contributed by atoms with Crippen molar-refractivity contribution in [3.05, 3.63) is 80.3 Å². The van der Waals surface area contributed by atoms with Gasteiger partial charge in [-0.2, -0.15) is 0 Å². The van der Waals surface area contributed by atoms with Gasteiger partial charge < -0.3 is 14.8 Å². The van der Waals surface area contributed by atoms with Crippen LogP contribution >= 0.6 is 11.3 Å². The van der Waals surface area contributed by atoms with Gasteiger partial charge in [0.05, 0.1) is 23.2 Å². The third-order valence-corrected chi connectivity index (χ3v) is 8.51. The summed E-state index contributed by atoms with van der Waals surface area (Å²) in [7, 11) is 0. The maximum atomic E-state index is 13.1. The molecule has 3 aromatic rings. The van der Waals surface area contributed by atoms with Gasteiger partial charge in [-0.3, -0.25) is 9.69 Å². The highest BCUT2D eigenvalue weighted by Crippen LogP contribution is 2.48. The van der Waals surface area contributed by atoms with E-state index in [9.17, 15) is 18.4 Å². The molecule has 1 fully saturated rings. The van der Waals surface area contributed by atoms with Crippen LogP contribution in [0, 0.1) is 12.8 Å². The molecule has 1 aliphatic carbocycles. The average molecular weight is 554 g/mol. The Morgan fingerprint density at radius 1 is 1.15 bits per heavy atom. The van der Waals surface area contributed by atoms with Crippen LogP contribution in [0.2, 0.25) is 0 Å². The molecule has 0 bridgehead atoms. The number of rotatable bonds is 11. The lowest BCUT2D eigenvalue weighted by molar-refractivity contribution is -0.116. The van der Waals surface area contributed by atoms with Crippen molar-refractivity contribution in [1.29, 1.82) is 0 Å². The van der Waals surface area contributed by atoms with Crippen molar-refractivity contribution in [3.63, 3.8) is 0 Å². The number of thiazole rings is 1. The fourth-order valence-corrected chi connectivity index (χ4v) is 5.78. The van der Waals surface area contributed by atoms with E-state index in [0.717, 1.165) is 36.6 Å². The number of ketones is 1. The number of amides is 1. The Morgan fingerprint density at radius 3 is 2.62 bits per heavy atom. The molecule has 1 N–H and O–H groups in total. The number of aryl methyl sites for hydroxylation is 2. The van der Waals surface area contributed by atoms with Crippen LogP contribution in [0.3, 0.4) is 0 Å². The Labute approximate surface area is 231 Å². The van der Waals surface area contributed by atoms with Crippen LogP contribution in [0.5, 0.6) is 5.75 Å². The van der Waals surface area contributed by atoms with Gasteiger partial charge in [-0.05, 0) is 54.7 Å². The van der Waals surface area contributed by atoms with Gasteiger partial charge in [-0.25, -0.2) is 13.8 Å². The van der Waals surface area contributed by atoms with E-state index in [1.807, 2.05) is 37.3 Å². The lowest BCUT2D eigenvalue weighted by Crippen LogP contribution is -2.30. The standard InChI is InChI=1S/C30H33F2N3O3S/c1-19(36)3-10-27-34-20(2)28(39-27)29(37)33-15-21-4-6-22(7-5-21)16-35-12-11-23-13-26(9-8-24(23)17-35)38-18-25-14-30(25,31)32/h4-9,13,25H,3,10-12,14-18H2,1-2H3,(H,33,37). The molecule has 0 spiro atoms. The van der Waals surface area contributed by atoms with Gasteiger partial charge in [0.1, 0.15) is 16.4 Å². The summed E-state index contributed by atoms with van der Waals surface area (Å²) >= 11 is 1.35. The number of ether oxygens (including phenoxy) is 1. The first kappa shape index (κ1) is 27.4. The van der Waals surface area contributed by atoms with E-state index in [1.54, 1.807) is 6.92 Å². The molecule has 2 heterocycles. The molecule has 6 nitrogen and oxygen atoms in total. The molecule has 2 aliphatic rings. The Kier molecular flexibility index (Phi) is 8.09. The first-order valence-electron chi connectivity index (χ1n) is 13.3. The summed E-state index contributed by atoms with van der Waals surface area (Å²) in [5, 5.41) is 3.79. The zero-order valence-corrected chi connectivity index (χ0v) is 23.1. The summed E-state index contributed by atoms with van der Waals surface area (Å²) in [5.74, 6) is -2.55. The molecule has 0 radical (unpaired) electrons.